The Labute approximate surface area is 101 Å². The molecule has 1 aliphatic carbocycles. The number of carbonyl (C=O) groups is 1. The Balaban J connectivity index is 2.10. The molecule has 0 radical (unpaired) electrons. The molecular formula is C12H20N4O. The van der Waals surface area contributed by atoms with E-state index in [0.717, 1.165) is 25.0 Å². The van der Waals surface area contributed by atoms with E-state index >= 15 is 0 Å². The number of nitrogens with one attached hydrogen (secondary N) is 2. The maximum absolute atomic E-state index is 12.2. The van der Waals surface area contributed by atoms with Crippen LogP contribution >= 0.6 is 0 Å². The van der Waals surface area contributed by atoms with Crippen LogP contribution in [0.25, 0.3) is 0 Å². The first-order valence-corrected chi connectivity index (χ1v) is 6.03. The summed E-state index contributed by atoms with van der Waals surface area (Å²) >= 11 is 0. The van der Waals surface area contributed by atoms with Crippen molar-refractivity contribution in [3.63, 3.8) is 0 Å². The molecule has 1 aromatic rings. The summed E-state index contributed by atoms with van der Waals surface area (Å²) in [5.41, 5.74) is 7.19. The average Bonchev–Trinajstić information content (AvgIpc) is 2.75. The van der Waals surface area contributed by atoms with Crippen molar-refractivity contribution < 1.29 is 4.79 Å². The minimum atomic E-state index is 0.0331. The number of aromatic amines is 1. The molecule has 1 fully saturated rings. The number of rotatable bonds is 2. The number of aryl methyl sites for hydroxylation is 1. The molecule has 2 rings (SSSR count). The maximum atomic E-state index is 12.2. The van der Waals surface area contributed by atoms with Gasteiger partial charge in [-0.1, -0.05) is 20.3 Å². The van der Waals surface area contributed by atoms with Crippen molar-refractivity contribution in [2.24, 2.45) is 11.3 Å². The van der Waals surface area contributed by atoms with Gasteiger partial charge in [-0.2, -0.15) is 5.10 Å². The first-order valence-electron chi connectivity index (χ1n) is 6.03. The topological polar surface area (TPSA) is 83.8 Å². The number of hydrogen-bond donors (Lipinski definition) is 3. The Kier molecular flexibility index (Phi) is 2.85. The number of aromatic nitrogens is 2. The fraction of sp³-hybridized carbons (Fsp3) is 0.667. The van der Waals surface area contributed by atoms with Crippen LogP contribution in [0.15, 0.2) is 0 Å². The van der Waals surface area contributed by atoms with Gasteiger partial charge in [-0.25, -0.2) is 0 Å². The smallest absolute Gasteiger partial charge is 0.229 e. The van der Waals surface area contributed by atoms with Gasteiger partial charge in [-0.05, 0) is 25.2 Å². The summed E-state index contributed by atoms with van der Waals surface area (Å²) in [5.74, 6) is 0.541. The molecule has 0 aliphatic heterocycles. The van der Waals surface area contributed by atoms with Crippen molar-refractivity contribution in [3.8, 4) is 0 Å². The number of nitrogen functional groups attached to an aromatic ring is 1. The highest BCUT2D eigenvalue weighted by molar-refractivity contribution is 5.95. The highest BCUT2D eigenvalue weighted by atomic mass is 16.2. The second-order valence-electron chi connectivity index (χ2n) is 5.53. The maximum Gasteiger partial charge on any atom is 0.229 e. The Morgan fingerprint density at radius 2 is 2.29 bits per heavy atom. The highest BCUT2D eigenvalue weighted by Crippen LogP contribution is 2.43. The Bertz CT molecular complexity index is 436. The number of hydrogen-bond acceptors (Lipinski definition) is 3. The van der Waals surface area contributed by atoms with E-state index in [1.54, 1.807) is 0 Å². The van der Waals surface area contributed by atoms with E-state index in [0.29, 0.717) is 11.5 Å². The predicted molar refractivity (Wildman–Crippen MR) is 67.5 cm³/mol. The highest BCUT2D eigenvalue weighted by Gasteiger charge is 2.39. The second-order valence-corrected chi connectivity index (χ2v) is 5.53. The summed E-state index contributed by atoms with van der Waals surface area (Å²) in [4.78, 5) is 12.2. The molecular weight excluding hydrogens is 216 g/mol. The zero-order chi connectivity index (χ0) is 12.6. The van der Waals surface area contributed by atoms with Crippen LogP contribution in [-0.2, 0) is 4.79 Å². The molecule has 1 unspecified atom stereocenters. The quantitative estimate of drug-likeness (QED) is 0.735. The van der Waals surface area contributed by atoms with Gasteiger partial charge < -0.3 is 11.1 Å². The van der Waals surface area contributed by atoms with Crippen LogP contribution in [0, 0.1) is 18.3 Å². The van der Waals surface area contributed by atoms with Crippen LogP contribution in [0.1, 0.15) is 38.8 Å². The van der Waals surface area contributed by atoms with Crippen molar-refractivity contribution in [3.05, 3.63) is 5.69 Å². The van der Waals surface area contributed by atoms with Crippen LogP contribution in [0.3, 0.4) is 0 Å². The Hall–Kier alpha value is -1.52. The van der Waals surface area contributed by atoms with Gasteiger partial charge in [0.1, 0.15) is 0 Å². The van der Waals surface area contributed by atoms with Crippen molar-refractivity contribution >= 4 is 17.4 Å². The molecule has 0 bridgehead atoms. The average molecular weight is 236 g/mol. The minimum absolute atomic E-state index is 0.0331. The second kappa shape index (κ2) is 4.05. The largest absolute Gasteiger partial charge is 0.394 e. The lowest BCUT2D eigenvalue weighted by molar-refractivity contribution is -0.122. The normalized spacial score (nSPS) is 22.6. The van der Waals surface area contributed by atoms with Crippen molar-refractivity contribution in [1.29, 1.82) is 0 Å². The standard InChI is InChI=1S/C12H20N4O/c1-7-9(13)10(16-15-7)14-11(17)8-5-4-6-12(8,2)3/h8H,4-6,13H2,1-3H3,(H2,14,15,16,17). The van der Waals surface area contributed by atoms with Crippen molar-refractivity contribution in [2.75, 3.05) is 11.1 Å². The molecule has 1 aromatic heterocycles. The third-order valence-electron chi connectivity index (χ3n) is 3.81. The van der Waals surface area contributed by atoms with Crippen LogP contribution in [-0.4, -0.2) is 16.1 Å². The molecule has 0 saturated heterocycles. The summed E-state index contributed by atoms with van der Waals surface area (Å²) in [7, 11) is 0. The van der Waals surface area contributed by atoms with Crippen LogP contribution in [0.4, 0.5) is 11.5 Å². The number of nitrogens with two attached hydrogens (primary N) is 1. The Morgan fingerprint density at radius 3 is 2.76 bits per heavy atom. The monoisotopic (exact) mass is 236 g/mol. The Morgan fingerprint density at radius 1 is 1.59 bits per heavy atom. The van der Waals surface area contributed by atoms with Crippen molar-refractivity contribution in [1.82, 2.24) is 10.2 Å². The molecule has 1 heterocycles. The molecule has 1 aliphatic rings. The summed E-state index contributed by atoms with van der Waals surface area (Å²) in [6, 6.07) is 0. The van der Waals surface area contributed by atoms with E-state index in [1.807, 2.05) is 6.92 Å². The van der Waals surface area contributed by atoms with E-state index in [1.165, 1.54) is 0 Å². The summed E-state index contributed by atoms with van der Waals surface area (Å²) in [6.07, 6.45) is 3.16. The summed E-state index contributed by atoms with van der Waals surface area (Å²) in [5, 5.41) is 9.58. The predicted octanol–water partition coefficient (Wildman–Crippen LogP) is 2.07. The van der Waals surface area contributed by atoms with Gasteiger partial charge in [0.2, 0.25) is 5.91 Å². The van der Waals surface area contributed by atoms with E-state index in [4.69, 9.17) is 5.73 Å². The molecule has 0 aromatic carbocycles. The fourth-order valence-corrected chi connectivity index (χ4v) is 2.55. The van der Waals surface area contributed by atoms with Gasteiger partial charge in [-0.3, -0.25) is 9.89 Å². The zero-order valence-electron chi connectivity index (χ0n) is 10.6. The zero-order valence-corrected chi connectivity index (χ0v) is 10.6. The van der Waals surface area contributed by atoms with Gasteiger partial charge in [0.05, 0.1) is 11.4 Å². The lowest BCUT2D eigenvalue weighted by Gasteiger charge is -2.25. The number of carbonyl (C=O) groups excluding carboxylic acids is 1. The molecule has 1 amide bonds. The molecule has 5 nitrogen and oxygen atoms in total. The molecule has 0 spiro atoms. The first-order chi connectivity index (χ1) is 7.92. The number of anilines is 2. The van der Waals surface area contributed by atoms with Gasteiger partial charge in [-0.15, -0.1) is 0 Å². The summed E-state index contributed by atoms with van der Waals surface area (Å²) < 4.78 is 0. The lowest BCUT2D eigenvalue weighted by atomic mass is 9.81. The van der Waals surface area contributed by atoms with E-state index in [-0.39, 0.29) is 17.2 Å². The lowest BCUT2D eigenvalue weighted by Crippen LogP contribution is -2.31. The third-order valence-corrected chi connectivity index (χ3v) is 3.81. The number of H-pyrrole nitrogens is 1. The minimum Gasteiger partial charge on any atom is -0.394 e. The van der Waals surface area contributed by atoms with Crippen LogP contribution in [0.2, 0.25) is 0 Å². The summed E-state index contributed by atoms with van der Waals surface area (Å²) in [6.45, 7) is 6.12. The third kappa shape index (κ3) is 2.14. The SMILES string of the molecule is Cc1[nH]nc(NC(=O)C2CCCC2(C)C)c1N. The molecule has 17 heavy (non-hydrogen) atoms. The van der Waals surface area contributed by atoms with Crippen LogP contribution < -0.4 is 11.1 Å². The fourth-order valence-electron chi connectivity index (χ4n) is 2.55. The van der Waals surface area contributed by atoms with Gasteiger partial charge in [0.15, 0.2) is 5.82 Å². The molecule has 4 N–H and O–H groups in total. The first kappa shape index (κ1) is 12.0. The van der Waals surface area contributed by atoms with Gasteiger partial charge in [0.25, 0.3) is 0 Å². The molecule has 1 saturated carbocycles. The number of nitrogens with zero attached hydrogens (tertiary/aromatic N) is 1. The van der Waals surface area contributed by atoms with Gasteiger partial charge in [0, 0.05) is 5.92 Å². The van der Waals surface area contributed by atoms with Crippen molar-refractivity contribution in [2.45, 2.75) is 40.0 Å². The van der Waals surface area contributed by atoms with Crippen LogP contribution in [0.5, 0.6) is 0 Å². The molecule has 1 atom stereocenters. The molecule has 5 heteroatoms. The van der Waals surface area contributed by atoms with Gasteiger partial charge >= 0.3 is 0 Å². The number of amides is 1. The van der Waals surface area contributed by atoms with E-state index < -0.39 is 0 Å². The van der Waals surface area contributed by atoms with E-state index in [9.17, 15) is 4.79 Å². The molecule has 94 valence electrons. The van der Waals surface area contributed by atoms with E-state index in [2.05, 4.69) is 29.4 Å².